The molecule has 0 aliphatic carbocycles. The molecule has 0 heterocycles. The summed E-state index contributed by atoms with van der Waals surface area (Å²) >= 11 is 0. The molecule has 16 heavy (non-hydrogen) atoms. The van der Waals surface area contributed by atoms with Crippen LogP contribution in [0.15, 0.2) is 23.1 Å². The lowest BCUT2D eigenvalue weighted by atomic mass is 10.2. The Labute approximate surface area is 94.5 Å². The van der Waals surface area contributed by atoms with E-state index in [0.29, 0.717) is 17.9 Å². The van der Waals surface area contributed by atoms with Gasteiger partial charge in [0, 0.05) is 6.54 Å². The van der Waals surface area contributed by atoms with Gasteiger partial charge >= 0.3 is 0 Å². The van der Waals surface area contributed by atoms with E-state index < -0.39 is 10.0 Å². The van der Waals surface area contributed by atoms with Crippen LogP contribution in [0.5, 0.6) is 0 Å². The minimum absolute atomic E-state index is 0.0531. The van der Waals surface area contributed by atoms with E-state index in [1.54, 1.807) is 0 Å². The zero-order valence-electron chi connectivity index (χ0n) is 8.90. The number of benzene rings is 1. The monoisotopic (exact) mass is 245 g/mol. The minimum atomic E-state index is -3.47. The Bertz CT molecular complexity index is 459. The summed E-state index contributed by atoms with van der Waals surface area (Å²) in [6.07, 6.45) is 0. The molecule has 6 nitrogen and oxygen atoms in total. The van der Waals surface area contributed by atoms with E-state index in [0.717, 1.165) is 0 Å². The first-order valence-electron chi connectivity index (χ1n) is 4.69. The maximum Gasteiger partial charge on any atom is 0.240 e. The molecule has 1 aromatic rings. The number of anilines is 2. The van der Waals surface area contributed by atoms with Crippen molar-refractivity contribution in [2.24, 2.45) is 0 Å². The number of aliphatic hydroxyl groups is 1. The molecular weight excluding hydrogens is 230 g/mol. The van der Waals surface area contributed by atoms with Crippen molar-refractivity contribution in [3.05, 3.63) is 18.2 Å². The van der Waals surface area contributed by atoms with Gasteiger partial charge in [0.05, 0.1) is 22.9 Å². The standard InChI is InChI=1S/C9H15N3O3S/c1-11-16(14,15)7-2-3-8(10)9(6-7)12-4-5-13/h2-3,6,11-13H,4-5,10H2,1H3. The van der Waals surface area contributed by atoms with E-state index >= 15 is 0 Å². The van der Waals surface area contributed by atoms with E-state index in [1.165, 1.54) is 25.2 Å². The molecule has 7 heteroatoms. The summed E-state index contributed by atoms with van der Waals surface area (Å²) < 4.78 is 25.2. The number of hydrogen-bond donors (Lipinski definition) is 4. The van der Waals surface area contributed by atoms with Crippen LogP contribution in [-0.4, -0.2) is 33.7 Å². The first-order valence-corrected chi connectivity index (χ1v) is 6.17. The second-order valence-corrected chi connectivity index (χ2v) is 4.99. The Morgan fingerprint density at radius 1 is 1.44 bits per heavy atom. The van der Waals surface area contributed by atoms with Gasteiger partial charge in [-0.15, -0.1) is 0 Å². The minimum Gasteiger partial charge on any atom is -0.397 e. The van der Waals surface area contributed by atoms with Crippen molar-refractivity contribution in [1.82, 2.24) is 4.72 Å². The molecule has 90 valence electrons. The molecule has 0 aliphatic heterocycles. The molecule has 0 aromatic heterocycles. The highest BCUT2D eigenvalue weighted by Crippen LogP contribution is 2.22. The van der Waals surface area contributed by atoms with E-state index in [1.807, 2.05) is 0 Å². The van der Waals surface area contributed by atoms with Gasteiger partial charge in [0.2, 0.25) is 10.0 Å². The zero-order chi connectivity index (χ0) is 12.2. The molecule has 0 bridgehead atoms. The highest BCUT2D eigenvalue weighted by molar-refractivity contribution is 7.89. The maximum atomic E-state index is 11.5. The second kappa shape index (κ2) is 5.15. The predicted octanol–water partition coefficient (Wildman–Crippen LogP) is -0.419. The topological polar surface area (TPSA) is 104 Å². The van der Waals surface area contributed by atoms with Crippen molar-refractivity contribution in [3.8, 4) is 0 Å². The summed E-state index contributed by atoms with van der Waals surface area (Å²) in [5.74, 6) is 0. The van der Waals surface area contributed by atoms with Crippen molar-refractivity contribution < 1.29 is 13.5 Å². The molecule has 0 radical (unpaired) electrons. The SMILES string of the molecule is CNS(=O)(=O)c1ccc(N)c(NCCO)c1. The number of rotatable bonds is 5. The molecule has 5 N–H and O–H groups in total. The highest BCUT2D eigenvalue weighted by atomic mass is 32.2. The normalized spacial score (nSPS) is 11.4. The van der Waals surface area contributed by atoms with Crippen LogP contribution in [0.3, 0.4) is 0 Å². The van der Waals surface area contributed by atoms with Gasteiger partial charge in [-0.2, -0.15) is 0 Å². The van der Waals surface area contributed by atoms with Crippen LogP contribution in [0, 0.1) is 0 Å². The molecule has 0 spiro atoms. The fraction of sp³-hybridized carbons (Fsp3) is 0.333. The quantitative estimate of drug-likeness (QED) is 0.527. The average molecular weight is 245 g/mol. The summed E-state index contributed by atoms with van der Waals surface area (Å²) in [4.78, 5) is 0.129. The highest BCUT2D eigenvalue weighted by Gasteiger charge is 2.12. The van der Waals surface area contributed by atoms with Gasteiger partial charge in [-0.05, 0) is 25.2 Å². The van der Waals surface area contributed by atoms with Gasteiger partial charge in [-0.3, -0.25) is 0 Å². The maximum absolute atomic E-state index is 11.5. The molecule has 0 aliphatic rings. The van der Waals surface area contributed by atoms with Gasteiger partial charge < -0.3 is 16.2 Å². The largest absolute Gasteiger partial charge is 0.397 e. The summed E-state index contributed by atoms with van der Waals surface area (Å²) in [5, 5.41) is 11.5. The first kappa shape index (κ1) is 12.8. The van der Waals surface area contributed by atoms with E-state index in [9.17, 15) is 8.42 Å². The molecule has 1 rings (SSSR count). The third-order valence-corrected chi connectivity index (χ3v) is 3.44. The van der Waals surface area contributed by atoms with E-state index in [2.05, 4.69) is 10.0 Å². The van der Waals surface area contributed by atoms with Crippen LogP contribution in [0.1, 0.15) is 0 Å². The second-order valence-electron chi connectivity index (χ2n) is 3.11. The van der Waals surface area contributed by atoms with E-state index in [4.69, 9.17) is 10.8 Å². The predicted molar refractivity (Wildman–Crippen MR) is 62.7 cm³/mol. The van der Waals surface area contributed by atoms with Crippen LogP contribution < -0.4 is 15.8 Å². The fourth-order valence-electron chi connectivity index (χ4n) is 1.16. The van der Waals surface area contributed by atoms with Crippen molar-refractivity contribution in [3.63, 3.8) is 0 Å². The molecule has 0 saturated carbocycles. The van der Waals surface area contributed by atoms with Crippen molar-refractivity contribution in [2.75, 3.05) is 31.2 Å². The molecule has 1 aromatic carbocycles. The molecule has 0 amide bonds. The third kappa shape index (κ3) is 2.84. The molecular formula is C9H15N3O3S. The lowest BCUT2D eigenvalue weighted by molar-refractivity contribution is 0.311. The van der Waals surface area contributed by atoms with Gasteiger partial charge in [0.1, 0.15) is 0 Å². The Kier molecular flexibility index (Phi) is 4.11. The third-order valence-electron chi connectivity index (χ3n) is 2.03. The lowest BCUT2D eigenvalue weighted by Gasteiger charge is -2.10. The summed E-state index contributed by atoms with van der Waals surface area (Å²) in [6.45, 7) is 0.260. The lowest BCUT2D eigenvalue weighted by Crippen LogP contribution is -2.19. The van der Waals surface area contributed by atoms with Gasteiger partial charge in [-0.25, -0.2) is 13.1 Å². The molecule has 0 fully saturated rings. The van der Waals surface area contributed by atoms with Crippen LogP contribution in [0.25, 0.3) is 0 Å². The number of sulfonamides is 1. The molecule has 0 saturated heterocycles. The summed E-state index contributed by atoms with van der Waals surface area (Å²) in [5.41, 5.74) is 6.58. The van der Waals surface area contributed by atoms with E-state index in [-0.39, 0.29) is 11.5 Å². The Morgan fingerprint density at radius 3 is 2.69 bits per heavy atom. The summed E-state index contributed by atoms with van der Waals surface area (Å²) in [6, 6.07) is 4.35. The first-order chi connectivity index (χ1) is 7.51. The van der Waals surface area contributed by atoms with Crippen LogP contribution >= 0.6 is 0 Å². The molecule has 0 atom stereocenters. The smallest absolute Gasteiger partial charge is 0.240 e. The zero-order valence-corrected chi connectivity index (χ0v) is 9.71. The number of aliphatic hydroxyl groups excluding tert-OH is 1. The number of nitrogens with two attached hydrogens (primary N) is 1. The van der Waals surface area contributed by atoms with Crippen LogP contribution in [0.2, 0.25) is 0 Å². The van der Waals surface area contributed by atoms with Crippen molar-refractivity contribution >= 4 is 21.4 Å². The van der Waals surface area contributed by atoms with Crippen molar-refractivity contribution in [2.45, 2.75) is 4.90 Å². The number of nitrogens with one attached hydrogen (secondary N) is 2. The Balaban J connectivity index is 3.07. The van der Waals surface area contributed by atoms with Gasteiger partial charge in [0.25, 0.3) is 0 Å². The average Bonchev–Trinajstić information content (AvgIpc) is 2.27. The van der Waals surface area contributed by atoms with Gasteiger partial charge in [0.15, 0.2) is 0 Å². The summed E-state index contributed by atoms with van der Waals surface area (Å²) in [7, 11) is -2.13. The Hall–Kier alpha value is -1.31. The number of nitrogen functional groups attached to an aromatic ring is 1. The molecule has 0 unspecified atom stereocenters. The van der Waals surface area contributed by atoms with Crippen molar-refractivity contribution in [1.29, 1.82) is 0 Å². The van der Waals surface area contributed by atoms with Crippen LogP contribution in [-0.2, 0) is 10.0 Å². The Morgan fingerprint density at radius 2 is 2.12 bits per heavy atom. The van der Waals surface area contributed by atoms with Crippen LogP contribution in [0.4, 0.5) is 11.4 Å². The fourth-order valence-corrected chi connectivity index (χ4v) is 1.92. The van der Waals surface area contributed by atoms with Gasteiger partial charge in [-0.1, -0.05) is 0 Å². The number of hydrogen-bond acceptors (Lipinski definition) is 5.